The van der Waals surface area contributed by atoms with Gasteiger partial charge in [-0.15, -0.1) is 0 Å². The molecule has 1 aromatic rings. The zero-order valence-electron chi connectivity index (χ0n) is 4.17. The fourth-order valence-corrected chi connectivity index (χ4v) is 1.20. The largest absolute Gasteiger partial charge is 0.379 e. The standard InChI is InChI=1S/C3H2IN3OS/c4-2-1(8)3(5)7-9-6-2/h(H2,5,7). The number of anilines is 1. The average molecular weight is 255 g/mol. The van der Waals surface area contributed by atoms with E-state index in [1.165, 1.54) is 0 Å². The van der Waals surface area contributed by atoms with Gasteiger partial charge in [-0.1, -0.05) is 0 Å². The van der Waals surface area contributed by atoms with Crippen LogP contribution in [0, 0.1) is 3.70 Å². The number of nitrogen functional groups attached to an aromatic ring is 1. The second-order valence-corrected chi connectivity index (χ2v) is 2.82. The summed E-state index contributed by atoms with van der Waals surface area (Å²) in [7, 11) is 0. The molecule has 0 saturated heterocycles. The molecule has 1 rings (SSSR count). The first-order valence-electron chi connectivity index (χ1n) is 1.99. The van der Waals surface area contributed by atoms with E-state index in [0.29, 0.717) is 3.70 Å². The summed E-state index contributed by atoms with van der Waals surface area (Å²) in [5, 5.41) is 0. The summed E-state index contributed by atoms with van der Waals surface area (Å²) in [4.78, 5) is 10.7. The van der Waals surface area contributed by atoms with Gasteiger partial charge in [0.15, 0.2) is 9.52 Å². The molecule has 0 bridgehead atoms. The van der Waals surface area contributed by atoms with E-state index in [1.807, 2.05) is 22.6 Å². The molecule has 0 saturated carbocycles. The zero-order valence-corrected chi connectivity index (χ0v) is 7.14. The Labute approximate surface area is 68.6 Å². The van der Waals surface area contributed by atoms with E-state index in [-0.39, 0.29) is 11.2 Å². The van der Waals surface area contributed by atoms with E-state index >= 15 is 0 Å². The van der Waals surface area contributed by atoms with E-state index in [4.69, 9.17) is 5.73 Å². The molecule has 0 aliphatic rings. The van der Waals surface area contributed by atoms with Crippen molar-refractivity contribution in [2.45, 2.75) is 0 Å². The van der Waals surface area contributed by atoms with E-state index in [1.54, 1.807) is 0 Å². The molecular weight excluding hydrogens is 253 g/mol. The topological polar surface area (TPSA) is 68.9 Å². The van der Waals surface area contributed by atoms with Crippen LogP contribution in [0.4, 0.5) is 5.82 Å². The molecule has 0 spiro atoms. The minimum absolute atomic E-state index is 0.0272. The molecule has 4 nitrogen and oxygen atoms in total. The van der Waals surface area contributed by atoms with Crippen molar-refractivity contribution in [2.24, 2.45) is 0 Å². The van der Waals surface area contributed by atoms with Crippen LogP contribution in [0.25, 0.3) is 0 Å². The maximum absolute atomic E-state index is 10.7. The van der Waals surface area contributed by atoms with Crippen LogP contribution in [0.2, 0.25) is 0 Å². The predicted molar refractivity (Wildman–Crippen MR) is 43.3 cm³/mol. The first-order valence-corrected chi connectivity index (χ1v) is 3.80. The molecule has 2 N–H and O–H groups in total. The van der Waals surface area contributed by atoms with E-state index in [0.717, 1.165) is 11.7 Å². The number of hydrogen-bond donors (Lipinski definition) is 1. The third kappa shape index (κ3) is 1.36. The SMILES string of the molecule is Nc1nsnc(I)c1=O. The van der Waals surface area contributed by atoms with Gasteiger partial charge in [0.1, 0.15) is 0 Å². The highest BCUT2D eigenvalue weighted by atomic mass is 127. The number of halogens is 1. The lowest BCUT2D eigenvalue weighted by Crippen LogP contribution is -2.12. The number of nitrogens with two attached hydrogens (primary N) is 1. The fraction of sp³-hybridized carbons (Fsp3) is 0. The van der Waals surface area contributed by atoms with Crippen LogP contribution in [0.15, 0.2) is 4.79 Å². The summed E-state index contributed by atoms with van der Waals surface area (Å²) in [6.07, 6.45) is 0. The lowest BCUT2D eigenvalue weighted by Gasteiger charge is -1.85. The van der Waals surface area contributed by atoms with Gasteiger partial charge in [0.25, 0.3) is 5.43 Å². The zero-order chi connectivity index (χ0) is 6.85. The van der Waals surface area contributed by atoms with Gasteiger partial charge in [0.2, 0.25) is 0 Å². The molecule has 0 radical (unpaired) electrons. The highest BCUT2D eigenvalue weighted by molar-refractivity contribution is 14.1. The summed E-state index contributed by atoms with van der Waals surface area (Å²) in [5.74, 6) is 0.0272. The minimum Gasteiger partial charge on any atom is -0.379 e. The van der Waals surface area contributed by atoms with Crippen LogP contribution < -0.4 is 11.2 Å². The smallest absolute Gasteiger partial charge is 0.254 e. The molecule has 9 heavy (non-hydrogen) atoms. The third-order valence-corrected chi connectivity index (χ3v) is 2.28. The molecule has 1 heterocycles. The number of nitrogens with zero attached hydrogens (tertiary/aromatic N) is 2. The monoisotopic (exact) mass is 255 g/mol. The van der Waals surface area contributed by atoms with Gasteiger partial charge in [0.05, 0.1) is 11.7 Å². The third-order valence-electron chi connectivity index (χ3n) is 0.680. The Morgan fingerprint density at radius 1 is 1.56 bits per heavy atom. The Kier molecular flexibility index (Phi) is 1.96. The Balaban J connectivity index is 3.43. The Morgan fingerprint density at radius 2 is 2.22 bits per heavy atom. The highest BCUT2D eigenvalue weighted by Crippen LogP contribution is 1.95. The highest BCUT2D eigenvalue weighted by Gasteiger charge is 1.99. The van der Waals surface area contributed by atoms with Crippen LogP contribution in [0.1, 0.15) is 0 Å². The maximum Gasteiger partial charge on any atom is 0.254 e. The van der Waals surface area contributed by atoms with Crippen LogP contribution in [-0.2, 0) is 0 Å². The van der Waals surface area contributed by atoms with Gasteiger partial charge in [-0.25, -0.2) is 0 Å². The molecule has 0 aromatic carbocycles. The molecule has 0 aliphatic carbocycles. The van der Waals surface area contributed by atoms with Gasteiger partial charge < -0.3 is 5.73 Å². The maximum atomic E-state index is 10.7. The molecule has 0 unspecified atom stereocenters. The lowest BCUT2D eigenvalue weighted by atomic mass is 10.6. The fourth-order valence-electron chi connectivity index (χ4n) is 0.289. The normalized spacial score (nSPS) is 9.44. The second-order valence-electron chi connectivity index (χ2n) is 1.27. The molecule has 0 atom stereocenters. The molecule has 0 amide bonds. The summed E-state index contributed by atoms with van der Waals surface area (Å²) >= 11 is 2.75. The quantitative estimate of drug-likeness (QED) is 0.667. The lowest BCUT2D eigenvalue weighted by molar-refractivity contribution is 1.31. The van der Waals surface area contributed by atoms with Crippen molar-refractivity contribution in [3.8, 4) is 0 Å². The van der Waals surface area contributed by atoms with Crippen LogP contribution in [0.3, 0.4) is 0 Å². The van der Waals surface area contributed by atoms with Crippen molar-refractivity contribution in [3.63, 3.8) is 0 Å². The van der Waals surface area contributed by atoms with E-state index in [9.17, 15) is 4.79 Å². The van der Waals surface area contributed by atoms with Crippen LogP contribution in [0.5, 0.6) is 0 Å². The Bertz CT molecular complexity index is 249. The number of aromatic nitrogens is 2. The van der Waals surface area contributed by atoms with Gasteiger partial charge in [-0.3, -0.25) is 4.79 Å². The molecule has 6 heteroatoms. The molecular formula is C3H2IN3OS. The van der Waals surface area contributed by atoms with Crippen LogP contribution in [-0.4, -0.2) is 8.75 Å². The summed E-state index contributed by atoms with van der Waals surface area (Å²) in [5.41, 5.74) is 4.88. The molecule has 48 valence electrons. The van der Waals surface area contributed by atoms with Gasteiger partial charge in [0, 0.05) is 0 Å². The molecule has 1 aromatic heterocycles. The van der Waals surface area contributed by atoms with Crippen molar-refractivity contribution in [1.82, 2.24) is 8.75 Å². The van der Waals surface area contributed by atoms with Crippen molar-refractivity contribution in [3.05, 3.63) is 13.9 Å². The number of hydrogen-bond acceptors (Lipinski definition) is 5. The van der Waals surface area contributed by atoms with Crippen molar-refractivity contribution in [2.75, 3.05) is 5.73 Å². The van der Waals surface area contributed by atoms with E-state index in [2.05, 4.69) is 8.75 Å². The first kappa shape index (κ1) is 6.87. The summed E-state index contributed by atoms with van der Waals surface area (Å²) in [6.45, 7) is 0. The van der Waals surface area contributed by atoms with Crippen molar-refractivity contribution >= 4 is 40.1 Å². The minimum atomic E-state index is -0.283. The van der Waals surface area contributed by atoms with Gasteiger partial charge >= 0.3 is 0 Å². The molecule has 0 aliphatic heterocycles. The Morgan fingerprint density at radius 3 is 2.67 bits per heavy atom. The van der Waals surface area contributed by atoms with Gasteiger partial charge in [-0.05, 0) is 22.6 Å². The van der Waals surface area contributed by atoms with Crippen LogP contribution >= 0.6 is 34.3 Å². The van der Waals surface area contributed by atoms with Gasteiger partial charge in [-0.2, -0.15) is 8.75 Å². The molecule has 0 fully saturated rings. The van der Waals surface area contributed by atoms with Crippen molar-refractivity contribution in [1.29, 1.82) is 0 Å². The van der Waals surface area contributed by atoms with Crippen molar-refractivity contribution < 1.29 is 0 Å². The Hall–Kier alpha value is -0.240. The number of rotatable bonds is 0. The van der Waals surface area contributed by atoms with E-state index < -0.39 is 0 Å². The second kappa shape index (κ2) is 2.56. The first-order chi connectivity index (χ1) is 4.22. The summed E-state index contributed by atoms with van der Waals surface area (Å²) in [6, 6.07) is 0. The predicted octanol–water partition coefficient (Wildman–Crippen LogP) is 0.0851. The summed E-state index contributed by atoms with van der Waals surface area (Å²) < 4.78 is 7.57. The average Bonchev–Trinajstić information content (AvgIpc) is 1.83.